The van der Waals surface area contributed by atoms with E-state index in [-0.39, 0.29) is 24.3 Å². The second-order valence-corrected chi connectivity index (χ2v) is 8.38. The number of nitrogens with zero attached hydrogens (tertiary/aromatic N) is 3. The average molecular weight is 452 g/mol. The minimum atomic E-state index is -4.65. The monoisotopic (exact) mass is 452 g/mol. The molecule has 2 aliphatic heterocycles. The van der Waals surface area contributed by atoms with E-state index >= 15 is 0 Å². The van der Waals surface area contributed by atoms with Crippen molar-refractivity contribution in [2.24, 2.45) is 23.5 Å². The third kappa shape index (κ3) is 5.15. The number of primary amides is 1. The van der Waals surface area contributed by atoms with Gasteiger partial charge in [0.05, 0.1) is 36.1 Å². The van der Waals surface area contributed by atoms with Gasteiger partial charge in [-0.15, -0.1) is 0 Å². The van der Waals surface area contributed by atoms with Crippen molar-refractivity contribution >= 4 is 17.5 Å². The van der Waals surface area contributed by atoms with Crippen LogP contribution in [-0.4, -0.2) is 56.6 Å². The average Bonchev–Trinajstić information content (AvgIpc) is 3.22. The van der Waals surface area contributed by atoms with Crippen LogP contribution >= 0.6 is 0 Å². The molecule has 2 aliphatic rings. The maximum absolute atomic E-state index is 13.4. The molecule has 2 saturated heterocycles. The molecule has 0 radical (unpaired) electrons. The molecule has 2 atom stereocenters. The van der Waals surface area contributed by atoms with Gasteiger partial charge in [-0.25, -0.2) is 0 Å². The first-order valence-corrected chi connectivity index (χ1v) is 10.6. The Balaban J connectivity index is 1.73. The Morgan fingerprint density at radius 3 is 2.50 bits per heavy atom. The molecule has 7 nitrogen and oxygen atoms in total. The molecule has 0 unspecified atom stereocenters. The van der Waals surface area contributed by atoms with E-state index in [1.807, 2.05) is 0 Å². The number of nitrogens with two attached hydrogens (primary N) is 1. The number of piperidine rings is 1. The second kappa shape index (κ2) is 9.77. The Kier molecular flexibility index (Phi) is 7.29. The van der Waals surface area contributed by atoms with Crippen molar-refractivity contribution < 1.29 is 27.5 Å². The fourth-order valence-electron chi connectivity index (χ4n) is 4.80. The van der Waals surface area contributed by atoms with Crippen LogP contribution in [0.15, 0.2) is 18.2 Å². The number of halogens is 3. The van der Waals surface area contributed by atoms with Crippen LogP contribution in [-0.2, 0) is 20.5 Å². The van der Waals surface area contributed by atoms with Gasteiger partial charge in [-0.3, -0.25) is 9.59 Å². The van der Waals surface area contributed by atoms with E-state index in [9.17, 15) is 22.8 Å². The number of amides is 2. The number of ether oxygens (including phenoxy) is 1. The first kappa shape index (κ1) is 23.9. The largest absolute Gasteiger partial charge is 0.417 e. The van der Waals surface area contributed by atoms with Crippen LogP contribution < -0.4 is 10.6 Å². The molecule has 10 heteroatoms. The normalized spacial score (nSPS) is 22.1. The number of benzene rings is 1. The van der Waals surface area contributed by atoms with Crippen LogP contribution in [0.5, 0.6) is 0 Å². The fourth-order valence-corrected chi connectivity index (χ4v) is 4.80. The van der Waals surface area contributed by atoms with Gasteiger partial charge in [-0.1, -0.05) is 0 Å². The van der Waals surface area contributed by atoms with Gasteiger partial charge in [0.2, 0.25) is 11.8 Å². The zero-order valence-corrected chi connectivity index (χ0v) is 17.9. The van der Waals surface area contributed by atoms with E-state index in [1.165, 1.54) is 6.07 Å². The quantitative estimate of drug-likeness (QED) is 0.715. The number of carbonyl (C=O) groups excluding carboxylic acids is 2. The number of hydrogen-bond acceptors (Lipinski definition) is 5. The summed E-state index contributed by atoms with van der Waals surface area (Å²) in [7, 11) is 1.54. The van der Waals surface area contributed by atoms with Crippen molar-refractivity contribution in [1.29, 1.82) is 5.26 Å². The Morgan fingerprint density at radius 1 is 1.25 bits per heavy atom. The van der Waals surface area contributed by atoms with Gasteiger partial charge in [0.15, 0.2) is 0 Å². The molecular formula is C22H27F3N4O3. The number of nitriles is 1. The Labute approximate surface area is 184 Å². The molecule has 0 bridgehead atoms. The lowest BCUT2D eigenvalue weighted by Crippen LogP contribution is -2.42. The van der Waals surface area contributed by atoms with Crippen LogP contribution in [0.1, 0.15) is 30.4 Å². The summed E-state index contributed by atoms with van der Waals surface area (Å²) in [5, 5.41) is 9.01. The van der Waals surface area contributed by atoms with Crippen molar-refractivity contribution in [2.45, 2.75) is 25.4 Å². The van der Waals surface area contributed by atoms with Crippen LogP contribution in [0.4, 0.5) is 18.9 Å². The lowest BCUT2D eigenvalue weighted by Gasteiger charge is -2.36. The lowest BCUT2D eigenvalue weighted by molar-refractivity contribution is -0.137. The third-order valence-corrected chi connectivity index (χ3v) is 6.54. The van der Waals surface area contributed by atoms with Crippen LogP contribution in [0.3, 0.4) is 0 Å². The minimum Gasteiger partial charge on any atom is -0.384 e. The highest BCUT2D eigenvalue weighted by atomic mass is 19.4. The number of methoxy groups -OCH3 is 1. The van der Waals surface area contributed by atoms with Crippen LogP contribution in [0, 0.1) is 29.1 Å². The highest BCUT2D eigenvalue weighted by Gasteiger charge is 2.43. The van der Waals surface area contributed by atoms with Gasteiger partial charge in [-0.2, -0.15) is 18.4 Å². The minimum absolute atomic E-state index is 0.0297. The number of carbonyl (C=O) groups is 2. The molecule has 0 spiro atoms. The molecule has 2 fully saturated rings. The molecule has 0 saturated carbocycles. The summed E-state index contributed by atoms with van der Waals surface area (Å²) in [6, 6.07) is 5.19. The molecule has 2 amide bonds. The highest BCUT2D eigenvalue weighted by Crippen LogP contribution is 2.40. The van der Waals surface area contributed by atoms with Gasteiger partial charge in [-0.05, 0) is 42.9 Å². The lowest BCUT2D eigenvalue weighted by atomic mass is 9.78. The maximum Gasteiger partial charge on any atom is 0.417 e. The van der Waals surface area contributed by atoms with Gasteiger partial charge in [0, 0.05) is 39.0 Å². The van der Waals surface area contributed by atoms with E-state index in [2.05, 4.69) is 0 Å². The number of hydrogen-bond donors (Lipinski definition) is 1. The first-order valence-electron chi connectivity index (χ1n) is 10.6. The molecule has 32 heavy (non-hydrogen) atoms. The highest BCUT2D eigenvalue weighted by molar-refractivity contribution is 5.79. The van der Waals surface area contributed by atoms with Gasteiger partial charge >= 0.3 is 6.18 Å². The summed E-state index contributed by atoms with van der Waals surface area (Å²) in [6.45, 7) is 2.15. The van der Waals surface area contributed by atoms with Crippen molar-refractivity contribution in [3.8, 4) is 6.07 Å². The predicted octanol–water partition coefficient (Wildman–Crippen LogP) is 2.39. The van der Waals surface area contributed by atoms with Crippen LogP contribution in [0.25, 0.3) is 0 Å². The van der Waals surface area contributed by atoms with Gasteiger partial charge in [0.1, 0.15) is 0 Å². The zero-order chi connectivity index (χ0) is 23.5. The number of likely N-dealkylation sites (tertiary alicyclic amines) is 1. The van der Waals surface area contributed by atoms with E-state index < -0.39 is 29.1 Å². The molecule has 174 valence electrons. The maximum atomic E-state index is 13.4. The predicted molar refractivity (Wildman–Crippen MR) is 110 cm³/mol. The van der Waals surface area contributed by atoms with E-state index in [0.717, 1.165) is 12.1 Å². The molecule has 0 aromatic heterocycles. The standard InChI is InChI=1S/C22H27F3N4O3/c1-32-9-6-20(30)28-7-4-14(5-8-28)17-12-29(13-18(17)21(27)31)16-3-2-15(11-26)19(10-16)22(23,24)25/h2-3,10,14,17-18H,4-9,12-13H2,1H3,(H2,27,31)/t17-,18+/m0/s1. The van der Waals surface area contributed by atoms with Crippen molar-refractivity contribution in [3.63, 3.8) is 0 Å². The summed E-state index contributed by atoms with van der Waals surface area (Å²) in [5.74, 6) is -0.887. The van der Waals surface area contributed by atoms with Gasteiger partial charge in [0.25, 0.3) is 0 Å². The Hall–Kier alpha value is -2.80. The topological polar surface area (TPSA) is 99.7 Å². The molecular weight excluding hydrogens is 425 g/mol. The second-order valence-electron chi connectivity index (χ2n) is 8.38. The SMILES string of the molecule is COCCC(=O)N1CCC([C@@H]2CN(c3ccc(C#N)c(C(F)(F)F)c3)C[C@H]2C(N)=O)CC1. The molecule has 2 N–H and O–H groups in total. The van der Waals surface area contributed by atoms with Crippen molar-refractivity contribution in [3.05, 3.63) is 29.3 Å². The summed E-state index contributed by atoms with van der Waals surface area (Å²) < 4.78 is 45.1. The third-order valence-electron chi connectivity index (χ3n) is 6.54. The zero-order valence-electron chi connectivity index (χ0n) is 17.9. The van der Waals surface area contributed by atoms with E-state index in [4.69, 9.17) is 15.7 Å². The number of alkyl halides is 3. The summed E-state index contributed by atoms with van der Waals surface area (Å²) in [4.78, 5) is 27.9. The number of rotatable bonds is 6. The van der Waals surface area contributed by atoms with Gasteiger partial charge < -0.3 is 20.3 Å². The Bertz CT molecular complexity index is 891. The molecule has 1 aromatic carbocycles. The molecule has 2 heterocycles. The fraction of sp³-hybridized carbons (Fsp3) is 0.591. The Morgan fingerprint density at radius 2 is 1.94 bits per heavy atom. The van der Waals surface area contributed by atoms with E-state index in [0.29, 0.717) is 51.2 Å². The van der Waals surface area contributed by atoms with Crippen molar-refractivity contribution in [2.75, 3.05) is 44.8 Å². The molecule has 3 rings (SSSR count). The molecule has 1 aromatic rings. The van der Waals surface area contributed by atoms with E-state index in [1.54, 1.807) is 23.0 Å². The number of anilines is 1. The smallest absolute Gasteiger partial charge is 0.384 e. The summed E-state index contributed by atoms with van der Waals surface area (Å²) in [6.07, 6.45) is -2.90. The summed E-state index contributed by atoms with van der Waals surface area (Å²) >= 11 is 0. The molecule has 0 aliphatic carbocycles. The van der Waals surface area contributed by atoms with Crippen molar-refractivity contribution in [1.82, 2.24) is 4.90 Å². The van der Waals surface area contributed by atoms with Crippen LogP contribution in [0.2, 0.25) is 0 Å². The first-order chi connectivity index (χ1) is 15.2. The summed E-state index contributed by atoms with van der Waals surface area (Å²) in [5.41, 5.74) is 4.54.